The summed E-state index contributed by atoms with van der Waals surface area (Å²) in [5.74, 6) is 0.375. The molecule has 0 amide bonds. The second-order valence-electron chi connectivity index (χ2n) is 8.36. The molecule has 166 valence electrons. The maximum atomic E-state index is 12.5. The highest BCUT2D eigenvalue weighted by Gasteiger charge is 2.26. The predicted octanol–water partition coefficient (Wildman–Crippen LogP) is 4.48. The number of fused-ring (bicyclic) bond motifs is 1. The lowest BCUT2D eigenvalue weighted by Crippen LogP contribution is -2.20. The first-order valence-electron chi connectivity index (χ1n) is 11.0. The van der Waals surface area contributed by atoms with Crippen LogP contribution in [0.4, 0.5) is 11.5 Å². The minimum atomic E-state index is -0.690. The number of nitrogens with one attached hydrogen (secondary N) is 2. The summed E-state index contributed by atoms with van der Waals surface area (Å²) in [6.45, 7) is 0. The van der Waals surface area contributed by atoms with Crippen molar-refractivity contribution >= 4 is 28.4 Å². The Kier molecular flexibility index (Phi) is 5.56. The van der Waals surface area contributed by atoms with Crippen LogP contribution < -0.4 is 10.9 Å². The van der Waals surface area contributed by atoms with Crippen LogP contribution in [0.1, 0.15) is 37.2 Å². The van der Waals surface area contributed by atoms with Crippen molar-refractivity contribution in [2.24, 2.45) is 5.92 Å². The molecule has 0 bridgehead atoms. The monoisotopic (exact) mass is 441 g/mol. The third-order valence-corrected chi connectivity index (χ3v) is 6.27. The van der Waals surface area contributed by atoms with Gasteiger partial charge in [0.2, 0.25) is 0 Å². The topological polar surface area (TPSA) is 121 Å². The van der Waals surface area contributed by atoms with Crippen LogP contribution in [0.15, 0.2) is 65.6 Å². The van der Waals surface area contributed by atoms with E-state index < -0.39 is 5.97 Å². The van der Waals surface area contributed by atoms with Crippen LogP contribution in [0.5, 0.6) is 0 Å². The van der Waals surface area contributed by atoms with E-state index in [9.17, 15) is 14.7 Å². The molecule has 1 fully saturated rings. The van der Waals surface area contributed by atoms with E-state index >= 15 is 0 Å². The van der Waals surface area contributed by atoms with Gasteiger partial charge in [0.05, 0.1) is 12.1 Å². The van der Waals surface area contributed by atoms with E-state index in [-0.39, 0.29) is 11.5 Å². The van der Waals surface area contributed by atoms with Crippen molar-refractivity contribution in [3.8, 4) is 11.4 Å². The van der Waals surface area contributed by atoms with Crippen molar-refractivity contribution in [3.63, 3.8) is 0 Å². The predicted molar refractivity (Wildman–Crippen MR) is 125 cm³/mol. The zero-order valence-electron chi connectivity index (χ0n) is 17.9. The molecule has 1 aliphatic carbocycles. The second-order valence-corrected chi connectivity index (χ2v) is 8.36. The average Bonchev–Trinajstić information content (AvgIpc) is 2.85. The first kappa shape index (κ1) is 20.8. The number of rotatable bonds is 5. The summed E-state index contributed by atoms with van der Waals surface area (Å²) in [5, 5.41) is 19.2. The molecule has 2 heterocycles. The molecule has 2 aromatic heterocycles. The van der Waals surface area contributed by atoms with Crippen LogP contribution in [-0.4, -0.2) is 31.2 Å². The maximum absolute atomic E-state index is 12.5. The van der Waals surface area contributed by atoms with Crippen molar-refractivity contribution in [3.05, 3.63) is 76.7 Å². The fraction of sp³-hybridized carbons (Fsp3) is 0.240. The van der Waals surface area contributed by atoms with E-state index in [1.165, 1.54) is 11.8 Å². The van der Waals surface area contributed by atoms with Crippen LogP contribution in [-0.2, 0) is 4.79 Å². The molecule has 3 N–H and O–H groups in total. The number of hydrogen-bond donors (Lipinski definition) is 3. The molecule has 0 saturated heterocycles. The molecule has 2 aromatic carbocycles. The average molecular weight is 441 g/mol. The molecule has 0 unspecified atom stereocenters. The Balaban J connectivity index is 1.43. The molecule has 0 atom stereocenters. The fourth-order valence-electron chi connectivity index (χ4n) is 4.46. The summed E-state index contributed by atoms with van der Waals surface area (Å²) < 4.78 is 0. The Labute approximate surface area is 189 Å². The van der Waals surface area contributed by atoms with E-state index in [0.29, 0.717) is 41.3 Å². The lowest BCUT2D eigenvalue weighted by molar-refractivity contribution is -0.142. The largest absolute Gasteiger partial charge is 0.481 e. The standard InChI is InChI=1S/C25H23N5O3/c31-24-21-20(14-26-30-24)28-22(17-4-2-1-3-5-17)29-23(21)27-19-12-10-16(11-13-19)15-6-8-18(9-7-15)25(32)33/h1-5,10-15,18H,6-9H2,(H,30,31)(H,32,33)(H,27,28,29). The molecule has 5 rings (SSSR count). The summed E-state index contributed by atoms with van der Waals surface area (Å²) >= 11 is 0. The number of carboxylic acids is 1. The van der Waals surface area contributed by atoms with E-state index in [4.69, 9.17) is 0 Å². The lowest BCUT2D eigenvalue weighted by atomic mass is 9.79. The minimum Gasteiger partial charge on any atom is -0.481 e. The minimum absolute atomic E-state index is 0.223. The summed E-state index contributed by atoms with van der Waals surface area (Å²) in [5.41, 5.74) is 2.94. The third kappa shape index (κ3) is 4.32. The SMILES string of the molecule is O=C(O)C1CCC(c2ccc(Nc3nc(-c4ccccc4)nc4cn[nH]c(=O)c34)cc2)CC1. The van der Waals surface area contributed by atoms with Crippen LogP contribution in [0.3, 0.4) is 0 Å². The molecule has 8 heteroatoms. The van der Waals surface area contributed by atoms with Gasteiger partial charge in [0.15, 0.2) is 5.82 Å². The first-order valence-corrected chi connectivity index (χ1v) is 11.0. The van der Waals surface area contributed by atoms with Gasteiger partial charge in [0.25, 0.3) is 5.56 Å². The van der Waals surface area contributed by atoms with Gasteiger partial charge in [0.1, 0.15) is 16.7 Å². The number of hydrogen-bond acceptors (Lipinski definition) is 6. The molecule has 0 aliphatic heterocycles. The maximum Gasteiger partial charge on any atom is 0.306 e. The van der Waals surface area contributed by atoms with Crippen LogP contribution in [0.2, 0.25) is 0 Å². The Morgan fingerprint density at radius 1 is 0.970 bits per heavy atom. The number of carboxylic acid groups (broad SMARTS) is 1. The molecular weight excluding hydrogens is 418 g/mol. The van der Waals surface area contributed by atoms with Gasteiger partial charge < -0.3 is 10.4 Å². The van der Waals surface area contributed by atoms with Crippen LogP contribution in [0, 0.1) is 5.92 Å². The van der Waals surface area contributed by atoms with Gasteiger partial charge in [-0.2, -0.15) is 5.10 Å². The molecule has 1 aliphatic rings. The van der Waals surface area contributed by atoms with E-state index in [2.05, 4.69) is 37.6 Å². The smallest absolute Gasteiger partial charge is 0.306 e. The van der Waals surface area contributed by atoms with Gasteiger partial charge in [-0.1, -0.05) is 42.5 Å². The Hall–Kier alpha value is -4.07. The molecular formula is C25H23N5O3. The number of aliphatic carboxylic acids is 1. The van der Waals surface area contributed by atoms with Crippen molar-refractivity contribution in [2.45, 2.75) is 31.6 Å². The van der Waals surface area contributed by atoms with Crippen molar-refractivity contribution < 1.29 is 9.90 Å². The van der Waals surface area contributed by atoms with E-state index in [1.54, 1.807) is 0 Å². The lowest BCUT2D eigenvalue weighted by Gasteiger charge is -2.26. The molecule has 8 nitrogen and oxygen atoms in total. The van der Waals surface area contributed by atoms with Crippen LogP contribution >= 0.6 is 0 Å². The summed E-state index contributed by atoms with van der Waals surface area (Å²) in [6.07, 6.45) is 4.71. The highest BCUT2D eigenvalue weighted by Crippen LogP contribution is 2.36. The Morgan fingerprint density at radius 3 is 2.39 bits per heavy atom. The summed E-state index contributed by atoms with van der Waals surface area (Å²) in [6, 6.07) is 17.6. The molecule has 33 heavy (non-hydrogen) atoms. The van der Waals surface area contributed by atoms with Gasteiger partial charge in [-0.05, 0) is 49.3 Å². The third-order valence-electron chi connectivity index (χ3n) is 6.27. The number of carbonyl (C=O) groups is 1. The first-order chi connectivity index (χ1) is 16.1. The van der Waals surface area contributed by atoms with Crippen molar-refractivity contribution in [2.75, 3.05) is 5.32 Å². The highest BCUT2D eigenvalue weighted by atomic mass is 16.4. The molecule has 0 radical (unpaired) electrons. The second kappa shape index (κ2) is 8.82. The van der Waals surface area contributed by atoms with Crippen LogP contribution in [0.25, 0.3) is 22.3 Å². The van der Waals surface area contributed by atoms with Gasteiger partial charge in [0, 0.05) is 11.3 Å². The summed E-state index contributed by atoms with van der Waals surface area (Å²) in [7, 11) is 0. The van der Waals surface area contributed by atoms with Gasteiger partial charge >= 0.3 is 5.97 Å². The summed E-state index contributed by atoms with van der Waals surface area (Å²) in [4.78, 5) is 32.9. The zero-order chi connectivity index (χ0) is 22.8. The number of aromatic nitrogens is 4. The molecule has 4 aromatic rings. The molecule has 1 saturated carbocycles. The van der Waals surface area contributed by atoms with E-state index in [1.807, 2.05) is 42.5 Å². The Morgan fingerprint density at radius 2 is 1.70 bits per heavy atom. The number of benzene rings is 2. The van der Waals surface area contributed by atoms with Gasteiger partial charge in [-0.25, -0.2) is 15.1 Å². The van der Waals surface area contributed by atoms with Gasteiger partial charge in [-0.15, -0.1) is 0 Å². The number of nitrogens with zero attached hydrogens (tertiary/aromatic N) is 3. The Bertz CT molecular complexity index is 1340. The normalized spacial score (nSPS) is 18.2. The van der Waals surface area contributed by atoms with Crippen molar-refractivity contribution in [1.82, 2.24) is 20.2 Å². The molecule has 0 spiro atoms. The zero-order valence-corrected chi connectivity index (χ0v) is 17.9. The number of anilines is 2. The quantitative estimate of drug-likeness (QED) is 0.417. The number of H-pyrrole nitrogens is 1. The number of aromatic amines is 1. The van der Waals surface area contributed by atoms with Gasteiger partial charge in [-0.3, -0.25) is 9.59 Å². The van der Waals surface area contributed by atoms with E-state index in [0.717, 1.165) is 24.1 Å². The van der Waals surface area contributed by atoms with Crippen molar-refractivity contribution in [1.29, 1.82) is 0 Å². The highest BCUT2D eigenvalue weighted by molar-refractivity contribution is 5.91. The fourth-order valence-corrected chi connectivity index (χ4v) is 4.46.